The number of hydrogen-bond acceptors (Lipinski definition) is 5. The summed E-state index contributed by atoms with van der Waals surface area (Å²) in [6.07, 6.45) is 0.246. The fraction of sp³-hybridized carbons (Fsp3) is 0.579. The van der Waals surface area contributed by atoms with Gasteiger partial charge in [0, 0.05) is 62.9 Å². The second-order valence-corrected chi connectivity index (χ2v) is 21.3. The molecule has 4 atom stereocenters. The van der Waals surface area contributed by atoms with E-state index in [-0.39, 0.29) is 29.4 Å². The number of benzene rings is 2. The van der Waals surface area contributed by atoms with Gasteiger partial charge in [-0.15, -0.1) is 0 Å². The van der Waals surface area contributed by atoms with E-state index in [0.29, 0.717) is 38.4 Å². The zero-order valence-electron chi connectivity index (χ0n) is 30.6. The fourth-order valence-corrected chi connectivity index (χ4v) is 9.04. The zero-order valence-corrected chi connectivity index (χ0v) is 31.6. The number of ether oxygens (including phenoxy) is 1. The van der Waals surface area contributed by atoms with Crippen molar-refractivity contribution < 1.29 is 32.2 Å². The monoisotopic (exact) mass is 714 g/mol. The Morgan fingerprint density at radius 2 is 1.76 bits per heavy atom. The van der Waals surface area contributed by atoms with Gasteiger partial charge in [-0.05, 0) is 47.3 Å². The Hall–Kier alpha value is -3.19. The van der Waals surface area contributed by atoms with E-state index in [1.54, 1.807) is 6.20 Å². The van der Waals surface area contributed by atoms with Crippen molar-refractivity contribution in [1.29, 1.82) is 0 Å². The van der Waals surface area contributed by atoms with E-state index in [2.05, 4.69) is 39.2 Å². The van der Waals surface area contributed by atoms with Crippen LogP contribution in [0.1, 0.15) is 71.8 Å². The number of rotatable bonds is 10. The highest BCUT2D eigenvalue weighted by atomic mass is 28.4. The third kappa shape index (κ3) is 7.98. The Labute approximate surface area is 295 Å². The summed E-state index contributed by atoms with van der Waals surface area (Å²) in [7, 11) is -2.47. The first-order chi connectivity index (χ1) is 23.3. The van der Waals surface area contributed by atoms with Crippen molar-refractivity contribution >= 4 is 14.4 Å². The van der Waals surface area contributed by atoms with Gasteiger partial charge in [0.25, 0.3) is 0 Å². The highest BCUT2D eigenvalue weighted by molar-refractivity contribution is 6.74. The smallest absolute Gasteiger partial charge is 0.407 e. The molecule has 50 heavy (non-hydrogen) atoms. The van der Waals surface area contributed by atoms with Crippen LogP contribution >= 0.6 is 0 Å². The van der Waals surface area contributed by atoms with Crippen LogP contribution in [0.25, 0.3) is 11.3 Å². The van der Waals surface area contributed by atoms with E-state index in [4.69, 9.17) is 14.1 Å². The predicted octanol–water partition coefficient (Wildman–Crippen LogP) is 8.44. The van der Waals surface area contributed by atoms with Crippen LogP contribution in [0.4, 0.5) is 18.0 Å². The molecule has 0 bridgehead atoms. The number of likely N-dealkylation sites (tertiary alicyclic amines) is 1. The van der Waals surface area contributed by atoms with E-state index in [9.17, 15) is 14.3 Å². The summed E-state index contributed by atoms with van der Waals surface area (Å²) in [5, 5.41) is 13.6. The lowest BCUT2D eigenvalue weighted by atomic mass is 9.78. The molecule has 1 aromatic heterocycles. The van der Waals surface area contributed by atoms with Crippen LogP contribution in [0, 0.1) is 23.0 Å². The molecular formula is C38H53F3N4O4Si. The molecule has 0 spiro atoms. The van der Waals surface area contributed by atoms with E-state index in [1.165, 1.54) is 4.90 Å². The number of nitrogens with zero attached hydrogens (tertiary/aromatic N) is 3. The van der Waals surface area contributed by atoms with Gasteiger partial charge in [-0.3, -0.25) is 0 Å². The van der Waals surface area contributed by atoms with Crippen LogP contribution in [-0.4, -0.2) is 78.1 Å². The molecule has 8 nitrogen and oxygen atoms in total. The minimum Gasteiger partial charge on any atom is -0.465 e. The average molecular weight is 715 g/mol. The lowest BCUT2D eigenvalue weighted by Gasteiger charge is -2.51. The lowest BCUT2D eigenvalue weighted by molar-refractivity contribution is -0.0800. The van der Waals surface area contributed by atoms with Crippen molar-refractivity contribution in [1.82, 2.24) is 19.8 Å². The number of nitrogens with one attached hydrogen (secondary N) is 1. The normalized spacial score (nSPS) is 22.1. The highest BCUT2D eigenvalue weighted by Gasteiger charge is 2.53. The summed E-state index contributed by atoms with van der Waals surface area (Å²) in [5.74, 6) is -1.29. The third-order valence-electron chi connectivity index (χ3n) is 10.9. The molecule has 2 fully saturated rings. The van der Waals surface area contributed by atoms with Gasteiger partial charge in [0.15, 0.2) is 8.32 Å². The zero-order chi connectivity index (χ0) is 36.6. The van der Waals surface area contributed by atoms with Gasteiger partial charge in [-0.25, -0.2) is 22.9 Å². The number of halogens is 3. The number of imidazole rings is 1. The minimum atomic E-state index is -2.47. The molecule has 3 heterocycles. The number of carboxylic acid groups (broad SMARTS) is 1. The van der Waals surface area contributed by atoms with Crippen molar-refractivity contribution in [2.75, 3.05) is 26.3 Å². The van der Waals surface area contributed by atoms with Crippen molar-refractivity contribution in [3.05, 3.63) is 77.8 Å². The molecule has 3 aromatic rings. The molecule has 0 radical (unpaired) electrons. The Balaban J connectivity index is 1.69. The molecule has 0 aliphatic carbocycles. The van der Waals surface area contributed by atoms with Gasteiger partial charge in [-0.1, -0.05) is 71.9 Å². The SMILES string of the molecule is CC(C)(C)C1[C@@H](CN[C@@H](c2nc(-c3cc(F)ccc3F)cn2Cc2ccccc2)C2(O[Si](C)(C)C(C)(C)C)CCOCC2)[C@@H](F)CN1C(=O)O. The number of hydrogen-bond donors (Lipinski definition) is 2. The van der Waals surface area contributed by atoms with Crippen LogP contribution < -0.4 is 5.32 Å². The van der Waals surface area contributed by atoms with Crippen LogP contribution in [0.5, 0.6) is 0 Å². The third-order valence-corrected chi connectivity index (χ3v) is 15.4. The van der Waals surface area contributed by atoms with Crippen molar-refractivity contribution in [3.8, 4) is 11.3 Å². The van der Waals surface area contributed by atoms with Gasteiger partial charge in [-0.2, -0.15) is 0 Å². The second-order valence-electron chi connectivity index (χ2n) is 16.5. The number of aromatic nitrogens is 2. The largest absolute Gasteiger partial charge is 0.465 e. The van der Waals surface area contributed by atoms with Crippen LogP contribution in [-0.2, 0) is 15.7 Å². The summed E-state index contributed by atoms with van der Waals surface area (Å²) < 4.78 is 61.1. The molecule has 2 saturated heterocycles. The molecule has 12 heteroatoms. The lowest BCUT2D eigenvalue weighted by Crippen LogP contribution is -2.58. The first-order valence-corrected chi connectivity index (χ1v) is 20.5. The summed E-state index contributed by atoms with van der Waals surface area (Å²) in [5.41, 5.74) is -0.113. The molecule has 5 rings (SSSR count). The maximum atomic E-state index is 16.0. The molecule has 1 unspecified atom stereocenters. The predicted molar refractivity (Wildman–Crippen MR) is 191 cm³/mol. The van der Waals surface area contributed by atoms with Gasteiger partial charge >= 0.3 is 6.09 Å². The summed E-state index contributed by atoms with van der Waals surface area (Å²) >= 11 is 0. The van der Waals surface area contributed by atoms with Gasteiger partial charge in [0.1, 0.15) is 23.6 Å². The van der Waals surface area contributed by atoms with E-state index < -0.39 is 61.2 Å². The Morgan fingerprint density at radius 1 is 1.10 bits per heavy atom. The first kappa shape index (κ1) is 38.0. The summed E-state index contributed by atoms with van der Waals surface area (Å²) in [6, 6.07) is 11.9. The second kappa shape index (κ2) is 14.4. The van der Waals surface area contributed by atoms with Crippen molar-refractivity contribution in [2.45, 2.75) is 103 Å². The summed E-state index contributed by atoms with van der Waals surface area (Å²) in [6.45, 7) is 17.9. The van der Waals surface area contributed by atoms with Gasteiger partial charge < -0.3 is 29.1 Å². The molecule has 2 aliphatic rings. The summed E-state index contributed by atoms with van der Waals surface area (Å²) in [4.78, 5) is 18.6. The quantitative estimate of drug-likeness (QED) is 0.205. The Bertz CT molecular complexity index is 1630. The Morgan fingerprint density at radius 3 is 2.36 bits per heavy atom. The highest BCUT2D eigenvalue weighted by Crippen LogP contribution is 2.47. The minimum absolute atomic E-state index is 0.0349. The topological polar surface area (TPSA) is 88.9 Å². The number of amides is 1. The molecular weight excluding hydrogens is 662 g/mol. The fourth-order valence-electron chi connectivity index (χ4n) is 7.40. The molecule has 274 valence electrons. The maximum absolute atomic E-state index is 16.0. The van der Waals surface area contributed by atoms with Crippen LogP contribution in [0.3, 0.4) is 0 Å². The average Bonchev–Trinajstić information content (AvgIpc) is 3.59. The maximum Gasteiger partial charge on any atom is 0.407 e. The van der Waals surface area contributed by atoms with E-state index >= 15 is 8.78 Å². The van der Waals surface area contributed by atoms with E-state index in [1.807, 2.05) is 55.7 Å². The molecule has 2 aliphatic heterocycles. The van der Waals surface area contributed by atoms with Crippen LogP contribution in [0.15, 0.2) is 54.7 Å². The molecule has 0 saturated carbocycles. The standard InChI is InChI=1S/C38H53F3N4O4Si/c1-36(2,3)33-28(30(41)23-45(33)35(46)47)21-42-32(38(16-18-48-19-17-38)49-50(7,8)37(4,5)6)34-43-31(27-20-26(39)14-15-29(27)40)24-44(34)22-25-12-10-9-11-13-25/h9-15,20,24,28,30,32-33,42H,16-19,21-23H2,1-8H3,(H,46,47)/t28-,30-,32-,33?/m0/s1. The number of carbonyl (C=O) groups is 1. The first-order valence-electron chi connectivity index (χ1n) is 17.5. The van der Waals surface area contributed by atoms with E-state index in [0.717, 1.165) is 23.8 Å². The Kier molecular flexibility index (Phi) is 11.0. The van der Waals surface area contributed by atoms with Crippen molar-refractivity contribution in [3.63, 3.8) is 0 Å². The van der Waals surface area contributed by atoms with Gasteiger partial charge in [0.05, 0.1) is 23.9 Å². The van der Waals surface area contributed by atoms with Crippen molar-refractivity contribution in [2.24, 2.45) is 11.3 Å². The van der Waals surface area contributed by atoms with Gasteiger partial charge in [0.2, 0.25) is 0 Å². The van der Waals surface area contributed by atoms with Crippen LogP contribution in [0.2, 0.25) is 18.1 Å². The molecule has 1 amide bonds. The molecule has 2 aromatic carbocycles. The number of alkyl halides is 1. The molecule has 2 N–H and O–H groups in total.